The Hall–Kier alpha value is -0.620. The summed E-state index contributed by atoms with van der Waals surface area (Å²) in [4.78, 5) is 15.5. The molecule has 0 aliphatic carbocycles. The summed E-state index contributed by atoms with van der Waals surface area (Å²) in [5.74, 6) is 0.260. The van der Waals surface area contributed by atoms with Crippen LogP contribution in [0.25, 0.3) is 0 Å². The van der Waals surface area contributed by atoms with E-state index in [1.165, 1.54) is 6.42 Å². The van der Waals surface area contributed by atoms with Crippen LogP contribution in [0.3, 0.4) is 0 Å². The van der Waals surface area contributed by atoms with Gasteiger partial charge in [-0.3, -0.25) is 4.79 Å². The summed E-state index contributed by atoms with van der Waals surface area (Å²) in [5.41, 5.74) is 0. The van der Waals surface area contributed by atoms with Crippen molar-refractivity contribution in [1.82, 2.24) is 10.2 Å². The molecule has 0 radical (unpaired) electrons. The number of thiophene rings is 1. The molecule has 2 aliphatic rings. The first kappa shape index (κ1) is 17.7. The summed E-state index contributed by atoms with van der Waals surface area (Å²) in [6, 6.07) is 4.50. The minimum absolute atomic E-state index is 0. The van der Waals surface area contributed by atoms with E-state index in [-0.39, 0.29) is 24.4 Å². The van der Waals surface area contributed by atoms with Gasteiger partial charge in [-0.05, 0) is 50.1 Å². The van der Waals surface area contributed by atoms with Gasteiger partial charge in [-0.15, -0.1) is 23.7 Å². The normalized spacial score (nSPS) is 26.0. The van der Waals surface area contributed by atoms with Crippen LogP contribution in [0.15, 0.2) is 17.5 Å². The second-order valence-corrected chi connectivity index (χ2v) is 7.13. The van der Waals surface area contributed by atoms with Gasteiger partial charge in [-0.25, -0.2) is 0 Å². The molecule has 2 saturated heterocycles. The molecule has 0 spiro atoms. The fourth-order valence-electron chi connectivity index (χ4n) is 3.52. The largest absolute Gasteiger partial charge is 0.387 e. The molecule has 1 aromatic rings. The van der Waals surface area contributed by atoms with Gasteiger partial charge in [0.2, 0.25) is 5.91 Å². The summed E-state index contributed by atoms with van der Waals surface area (Å²) in [6.07, 6.45) is 5.22. The molecule has 3 rings (SSSR count). The van der Waals surface area contributed by atoms with Gasteiger partial charge in [0.25, 0.3) is 0 Å². The predicted molar refractivity (Wildman–Crippen MR) is 91.5 cm³/mol. The maximum atomic E-state index is 12.5. The van der Waals surface area contributed by atoms with Gasteiger partial charge in [0.15, 0.2) is 0 Å². The monoisotopic (exact) mass is 344 g/mol. The molecule has 0 bridgehead atoms. The minimum atomic E-state index is -0.437. The van der Waals surface area contributed by atoms with Gasteiger partial charge >= 0.3 is 0 Å². The second-order valence-electron chi connectivity index (χ2n) is 6.15. The molecule has 4 nitrogen and oxygen atoms in total. The van der Waals surface area contributed by atoms with Crippen molar-refractivity contribution in [3.63, 3.8) is 0 Å². The topological polar surface area (TPSA) is 52.6 Å². The van der Waals surface area contributed by atoms with Crippen LogP contribution in [0.2, 0.25) is 0 Å². The molecule has 22 heavy (non-hydrogen) atoms. The van der Waals surface area contributed by atoms with Crippen LogP contribution in [0.4, 0.5) is 0 Å². The van der Waals surface area contributed by atoms with E-state index in [4.69, 9.17) is 0 Å². The van der Waals surface area contributed by atoms with E-state index in [1.807, 2.05) is 22.4 Å². The Morgan fingerprint density at radius 1 is 1.45 bits per heavy atom. The lowest BCUT2D eigenvalue weighted by Gasteiger charge is -2.27. The predicted octanol–water partition coefficient (Wildman–Crippen LogP) is 2.73. The highest BCUT2D eigenvalue weighted by Crippen LogP contribution is 2.30. The van der Waals surface area contributed by atoms with Crippen LogP contribution in [-0.2, 0) is 4.79 Å². The third-order valence-corrected chi connectivity index (χ3v) is 5.62. The second kappa shape index (κ2) is 8.29. The van der Waals surface area contributed by atoms with E-state index in [0.717, 1.165) is 37.2 Å². The number of aliphatic hydroxyl groups is 1. The van der Waals surface area contributed by atoms with Crippen molar-refractivity contribution in [1.29, 1.82) is 0 Å². The molecule has 124 valence electrons. The number of carbonyl (C=O) groups is 1. The Balaban J connectivity index is 0.00000176. The quantitative estimate of drug-likeness (QED) is 0.863. The number of nitrogens with one attached hydrogen (secondary N) is 1. The maximum absolute atomic E-state index is 12.5. The van der Waals surface area contributed by atoms with Crippen molar-refractivity contribution in [2.24, 2.45) is 0 Å². The highest BCUT2D eigenvalue weighted by molar-refractivity contribution is 7.10. The molecular formula is C16H25ClN2O2S. The summed E-state index contributed by atoms with van der Waals surface area (Å²) < 4.78 is 0. The van der Waals surface area contributed by atoms with Crippen molar-refractivity contribution in [3.8, 4) is 0 Å². The molecule has 2 fully saturated rings. The zero-order valence-corrected chi connectivity index (χ0v) is 14.4. The van der Waals surface area contributed by atoms with Gasteiger partial charge in [0.1, 0.15) is 0 Å². The van der Waals surface area contributed by atoms with E-state index in [1.54, 1.807) is 11.3 Å². The molecule has 0 aromatic carbocycles. The third-order valence-electron chi connectivity index (χ3n) is 4.65. The smallest absolute Gasteiger partial charge is 0.224 e. The standard InChI is InChI=1S/C16H24N2O2S.ClH/c19-14(15-6-3-9-21-15)11-13-5-2-8-18(13)16(20)10-12-4-1-7-17-12;/h3,6,9,12-14,17,19H,1-2,4-5,7-8,10-11H2;1H. The number of hydrogen-bond donors (Lipinski definition) is 2. The van der Waals surface area contributed by atoms with Crippen molar-refractivity contribution >= 4 is 29.7 Å². The van der Waals surface area contributed by atoms with Crippen LogP contribution in [0.1, 0.15) is 49.5 Å². The number of amides is 1. The van der Waals surface area contributed by atoms with E-state index < -0.39 is 6.10 Å². The van der Waals surface area contributed by atoms with Gasteiger partial charge in [-0.2, -0.15) is 0 Å². The first-order valence-electron chi connectivity index (χ1n) is 7.98. The van der Waals surface area contributed by atoms with Crippen LogP contribution >= 0.6 is 23.7 Å². The van der Waals surface area contributed by atoms with Crippen molar-refractivity contribution in [3.05, 3.63) is 22.4 Å². The number of aliphatic hydroxyl groups excluding tert-OH is 1. The number of hydrogen-bond acceptors (Lipinski definition) is 4. The molecular weight excluding hydrogens is 320 g/mol. The Morgan fingerprint density at radius 2 is 2.32 bits per heavy atom. The summed E-state index contributed by atoms with van der Waals surface area (Å²) >= 11 is 1.59. The summed E-state index contributed by atoms with van der Waals surface area (Å²) in [7, 11) is 0. The van der Waals surface area contributed by atoms with Crippen molar-refractivity contribution in [2.45, 2.75) is 56.7 Å². The molecule has 6 heteroatoms. The van der Waals surface area contributed by atoms with Crippen LogP contribution in [0, 0.1) is 0 Å². The lowest BCUT2D eigenvalue weighted by atomic mass is 10.0. The van der Waals surface area contributed by atoms with Gasteiger partial charge in [0.05, 0.1) is 6.10 Å². The van der Waals surface area contributed by atoms with Gasteiger partial charge in [0, 0.05) is 29.9 Å². The SMILES string of the molecule is Cl.O=C(CC1CCCN1)N1CCCC1CC(O)c1cccs1. The average Bonchev–Trinajstić information content (AvgIpc) is 3.21. The highest BCUT2D eigenvalue weighted by Gasteiger charge is 2.32. The zero-order chi connectivity index (χ0) is 14.7. The van der Waals surface area contributed by atoms with Gasteiger partial charge < -0.3 is 15.3 Å². The average molecular weight is 345 g/mol. The van der Waals surface area contributed by atoms with E-state index in [9.17, 15) is 9.90 Å². The number of rotatable bonds is 5. The lowest BCUT2D eigenvalue weighted by molar-refractivity contribution is -0.132. The molecule has 0 saturated carbocycles. The fraction of sp³-hybridized carbons (Fsp3) is 0.688. The van der Waals surface area contributed by atoms with E-state index in [2.05, 4.69) is 5.32 Å². The molecule has 1 amide bonds. The van der Waals surface area contributed by atoms with Crippen LogP contribution in [0.5, 0.6) is 0 Å². The molecule has 2 N–H and O–H groups in total. The van der Waals surface area contributed by atoms with E-state index in [0.29, 0.717) is 18.9 Å². The van der Waals surface area contributed by atoms with Crippen molar-refractivity contribution < 1.29 is 9.90 Å². The van der Waals surface area contributed by atoms with Crippen molar-refractivity contribution in [2.75, 3.05) is 13.1 Å². The van der Waals surface area contributed by atoms with Crippen LogP contribution in [-0.4, -0.2) is 41.1 Å². The van der Waals surface area contributed by atoms with E-state index >= 15 is 0 Å². The zero-order valence-electron chi connectivity index (χ0n) is 12.7. The maximum Gasteiger partial charge on any atom is 0.224 e. The summed E-state index contributed by atoms with van der Waals surface area (Å²) in [5, 5.41) is 15.7. The molecule has 3 atom stereocenters. The molecule has 1 aromatic heterocycles. The fourth-order valence-corrected chi connectivity index (χ4v) is 4.25. The molecule has 3 heterocycles. The number of carbonyl (C=O) groups excluding carboxylic acids is 1. The van der Waals surface area contributed by atoms with Gasteiger partial charge in [-0.1, -0.05) is 6.07 Å². The Bertz CT molecular complexity index is 463. The molecule has 2 aliphatic heterocycles. The van der Waals surface area contributed by atoms with Crippen LogP contribution < -0.4 is 5.32 Å². The Labute approximate surface area is 142 Å². The number of nitrogens with zero attached hydrogens (tertiary/aromatic N) is 1. The number of likely N-dealkylation sites (tertiary alicyclic amines) is 1. The summed E-state index contributed by atoms with van der Waals surface area (Å²) in [6.45, 7) is 1.89. The Kier molecular flexibility index (Phi) is 6.68. The first-order valence-corrected chi connectivity index (χ1v) is 8.86. The highest BCUT2D eigenvalue weighted by atomic mass is 35.5. The Morgan fingerprint density at radius 3 is 3.00 bits per heavy atom. The third kappa shape index (κ3) is 4.22. The number of halogens is 1. The minimum Gasteiger partial charge on any atom is -0.387 e. The first-order chi connectivity index (χ1) is 10.2. The molecule has 3 unspecified atom stereocenters. The lowest BCUT2D eigenvalue weighted by Crippen LogP contribution is -2.39.